The lowest BCUT2D eigenvalue weighted by atomic mass is 9.96. The first-order valence-corrected chi connectivity index (χ1v) is 13.1. The van der Waals surface area contributed by atoms with Crippen LogP contribution in [0.2, 0.25) is 0 Å². The monoisotopic (exact) mass is 529 g/mol. The first-order valence-electron chi connectivity index (χ1n) is 12.3. The van der Waals surface area contributed by atoms with E-state index in [1.54, 1.807) is 31.1 Å². The number of benzene rings is 2. The van der Waals surface area contributed by atoms with Crippen molar-refractivity contribution in [1.82, 2.24) is 4.57 Å². The van der Waals surface area contributed by atoms with Crippen LogP contribution in [0.4, 0.5) is 5.69 Å². The number of allylic oxidation sites excluding steroid dienone is 1. The third-order valence-electron chi connectivity index (χ3n) is 6.58. The van der Waals surface area contributed by atoms with E-state index in [0.717, 1.165) is 29.0 Å². The van der Waals surface area contributed by atoms with Gasteiger partial charge in [-0.3, -0.25) is 14.2 Å². The smallest absolute Gasteiger partial charge is 0.338 e. The lowest BCUT2D eigenvalue weighted by molar-refractivity contribution is -0.138. The molecule has 8 nitrogen and oxygen atoms in total. The molecule has 194 valence electrons. The maximum absolute atomic E-state index is 14.1. The molecule has 3 aromatic rings. The van der Waals surface area contributed by atoms with E-state index in [9.17, 15) is 14.4 Å². The number of hydrogen-bond acceptors (Lipinski definition) is 7. The highest BCUT2D eigenvalue weighted by Crippen LogP contribution is 2.36. The van der Waals surface area contributed by atoms with Crippen molar-refractivity contribution in [1.29, 1.82) is 0 Å². The molecule has 0 saturated carbocycles. The molecule has 1 aromatic heterocycles. The minimum atomic E-state index is -0.790. The topological polar surface area (TPSA) is 90.2 Å². The fourth-order valence-electron chi connectivity index (χ4n) is 4.89. The Hall–Kier alpha value is -4.24. The van der Waals surface area contributed by atoms with Gasteiger partial charge >= 0.3 is 5.97 Å². The Bertz CT molecular complexity index is 1660. The van der Waals surface area contributed by atoms with Crippen LogP contribution in [-0.2, 0) is 14.3 Å². The van der Waals surface area contributed by atoms with Crippen molar-refractivity contribution in [3.63, 3.8) is 0 Å². The number of anilines is 1. The van der Waals surface area contributed by atoms with E-state index in [1.807, 2.05) is 43.3 Å². The Labute approximate surface area is 223 Å². The summed E-state index contributed by atoms with van der Waals surface area (Å²) in [5, 5.41) is 0. The number of fused-ring (bicyclic) bond motifs is 2. The second-order valence-corrected chi connectivity index (χ2v) is 9.89. The number of hydrogen-bond donors (Lipinski definition) is 0. The molecular formula is C29H27N3O5S. The number of rotatable bonds is 7. The van der Waals surface area contributed by atoms with Gasteiger partial charge in [-0.25, -0.2) is 9.79 Å². The lowest BCUT2D eigenvalue weighted by Crippen LogP contribution is -2.41. The summed E-state index contributed by atoms with van der Waals surface area (Å²) in [6, 6.07) is 13.9. The first kappa shape index (κ1) is 25.4. The average Bonchev–Trinajstić information content (AvgIpc) is 3.39. The molecule has 0 N–H and O–H groups in total. The number of thiazole rings is 1. The third kappa shape index (κ3) is 4.09. The molecule has 0 aliphatic carbocycles. The Morgan fingerprint density at radius 3 is 2.58 bits per heavy atom. The Morgan fingerprint density at radius 1 is 1.16 bits per heavy atom. The van der Waals surface area contributed by atoms with E-state index < -0.39 is 12.0 Å². The van der Waals surface area contributed by atoms with E-state index in [2.05, 4.69) is 11.6 Å². The van der Waals surface area contributed by atoms with Gasteiger partial charge in [-0.15, -0.1) is 0 Å². The molecule has 38 heavy (non-hydrogen) atoms. The molecule has 2 aliphatic rings. The van der Waals surface area contributed by atoms with E-state index in [1.165, 1.54) is 10.6 Å². The number of para-hydroxylation sites is 1. The molecule has 0 fully saturated rings. The van der Waals surface area contributed by atoms with E-state index in [-0.39, 0.29) is 23.6 Å². The molecule has 5 rings (SSSR count). The summed E-state index contributed by atoms with van der Waals surface area (Å²) in [6.07, 6.45) is 2.26. The fourth-order valence-corrected chi connectivity index (χ4v) is 6.03. The zero-order chi connectivity index (χ0) is 27.0. The summed E-state index contributed by atoms with van der Waals surface area (Å²) in [5.41, 5.74) is 2.88. The Balaban J connectivity index is 1.78. The summed E-state index contributed by atoms with van der Waals surface area (Å²) in [5.74, 6) is -0.147. The molecule has 0 saturated heterocycles. The van der Waals surface area contributed by atoms with Crippen molar-refractivity contribution in [2.45, 2.75) is 26.3 Å². The second-order valence-electron chi connectivity index (χ2n) is 8.91. The van der Waals surface area contributed by atoms with Crippen LogP contribution in [0.3, 0.4) is 0 Å². The zero-order valence-corrected chi connectivity index (χ0v) is 22.2. The van der Waals surface area contributed by atoms with Crippen LogP contribution in [0.15, 0.2) is 82.2 Å². The number of methoxy groups -OCH3 is 1. The third-order valence-corrected chi connectivity index (χ3v) is 7.63. The minimum absolute atomic E-state index is 0.0259. The van der Waals surface area contributed by atoms with Crippen LogP contribution in [-0.4, -0.2) is 36.7 Å². The number of amides is 1. The van der Waals surface area contributed by atoms with Gasteiger partial charge < -0.3 is 14.4 Å². The lowest BCUT2D eigenvalue weighted by Gasteiger charge is -2.24. The second kappa shape index (κ2) is 10.3. The quantitative estimate of drug-likeness (QED) is 0.347. The highest BCUT2D eigenvalue weighted by atomic mass is 32.1. The summed E-state index contributed by atoms with van der Waals surface area (Å²) >= 11 is 1.16. The number of nitrogens with zero attached hydrogens (tertiary/aromatic N) is 3. The van der Waals surface area contributed by atoms with Gasteiger partial charge in [0.05, 0.1) is 35.7 Å². The van der Waals surface area contributed by atoms with E-state index >= 15 is 0 Å². The minimum Gasteiger partial charge on any atom is -0.497 e. The van der Waals surface area contributed by atoms with Crippen LogP contribution in [0.5, 0.6) is 5.75 Å². The van der Waals surface area contributed by atoms with Gasteiger partial charge in [0, 0.05) is 12.1 Å². The van der Waals surface area contributed by atoms with Crippen LogP contribution in [0.1, 0.15) is 37.4 Å². The number of esters is 1. The van der Waals surface area contributed by atoms with Gasteiger partial charge in [-0.1, -0.05) is 61.2 Å². The van der Waals surface area contributed by atoms with Crippen LogP contribution in [0.25, 0.3) is 5.57 Å². The molecule has 2 aromatic carbocycles. The maximum atomic E-state index is 14.1. The molecule has 2 aliphatic heterocycles. The predicted molar refractivity (Wildman–Crippen MR) is 146 cm³/mol. The zero-order valence-electron chi connectivity index (χ0n) is 21.4. The van der Waals surface area contributed by atoms with Crippen LogP contribution >= 0.6 is 11.3 Å². The molecule has 0 bridgehead atoms. The van der Waals surface area contributed by atoms with Crippen molar-refractivity contribution >= 4 is 34.5 Å². The van der Waals surface area contributed by atoms with Crippen molar-refractivity contribution in [2.24, 2.45) is 4.99 Å². The average molecular weight is 530 g/mol. The van der Waals surface area contributed by atoms with Gasteiger partial charge in [0.15, 0.2) is 4.80 Å². The summed E-state index contributed by atoms with van der Waals surface area (Å²) in [4.78, 5) is 47.7. The summed E-state index contributed by atoms with van der Waals surface area (Å²) < 4.78 is 12.5. The number of carbonyl (C=O) groups is 2. The molecule has 0 radical (unpaired) electrons. The van der Waals surface area contributed by atoms with Gasteiger partial charge in [-0.05, 0) is 37.1 Å². The number of ether oxygens (including phenoxy) is 2. The maximum Gasteiger partial charge on any atom is 0.338 e. The molecule has 0 spiro atoms. The van der Waals surface area contributed by atoms with Gasteiger partial charge in [0.25, 0.3) is 11.5 Å². The van der Waals surface area contributed by atoms with Gasteiger partial charge in [0.2, 0.25) is 0 Å². The molecule has 3 heterocycles. The van der Waals surface area contributed by atoms with E-state index in [4.69, 9.17) is 9.47 Å². The largest absolute Gasteiger partial charge is 0.497 e. The highest BCUT2D eigenvalue weighted by Gasteiger charge is 2.37. The predicted octanol–water partition coefficient (Wildman–Crippen LogP) is 3.10. The summed E-state index contributed by atoms with van der Waals surface area (Å²) in [6.45, 7) is 7.91. The number of aromatic nitrogens is 1. The standard InChI is InChI=1S/C29H27N3O5S/c1-5-15-31-21-10-8-7-9-20(21)23(26(31)33)25-27(34)32-24(18-11-13-19(36-4)14-12-18)22(28(35)37-16-6-2)17(3)30-29(32)38-25/h6-14,24H,2,5,15-16H2,1,3-4H3/b25-23-. The first-order chi connectivity index (χ1) is 18.4. The SMILES string of the molecule is C=CCOC(=O)C1=C(C)N=c2s/c(=C3\C(=O)N(CCC)c4ccccc43)c(=O)n2C1c1ccc(OC)cc1. The molecule has 1 amide bonds. The highest BCUT2D eigenvalue weighted by molar-refractivity contribution is 7.07. The van der Waals surface area contributed by atoms with Gasteiger partial charge in [0.1, 0.15) is 16.9 Å². The van der Waals surface area contributed by atoms with Crippen molar-refractivity contribution < 1.29 is 19.1 Å². The fraction of sp³-hybridized carbons (Fsp3) is 0.241. The van der Waals surface area contributed by atoms with Crippen molar-refractivity contribution in [2.75, 3.05) is 25.2 Å². The van der Waals surface area contributed by atoms with Crippen molar-refractivity contribution in [3.8, 4) is 5.75 Å². The van der Waals surface area contributed by atoms with Gasteiger partial charge in [-0.2, -0.15) is 0 Å². The molecule has 9 heteroatoms. The number of carbonyl (C=O) groups excluding carboxylic acids is 2. The van der Waals surface area contributed by atoms with Crippen LogP contribution in [0, 0.1) is 0 Å². The van der Waals surface area contributed by atoms with Crippen LogP contribution < -0.4 is 24.5 Å². The Kier molecular flexibility index (Phi) is 6.86. The van der Waals surface area contributed by atoms with E-state index in [0.29, 0.717) is 38.5 Å². The molecule has 1 unspecified atom stereocenters. The summed E-state index contributed by atoms with van der Waals surface area (Å²) in [7, 11) is 1.57. The normalized spacial score (nSPS) is 17.6. The Morgan fingerprint density at radius 2 is 1.89 bits per heavy atom. The molecular weight excluding hydrogens is 502 g/mol. The molecule has 1 atom stereocenters. The van der Waals surface area contributed by atoms with Crippen molar-refractivity contribution in [3.05, 3.63) is 103 Å².